The van der Waals surface area contributed by atoms with Crippen molar-refractivity contribution in [1.82, 2.24) is 9.88 Å². The highest BCUT2D eigenvalue weighted by Gasteiger charge is 2.08. The highest BCUT2D eigenvalue weighted by molar-refractivity contribution is 7.99. The van der Waals surface area contributed by atoms with E-state index in [2.05, 4.69) is 54.5 Å². The molecule has 3 aromatic rings. The van der Waals surface area contributed by atoms with Gasteiger partial charge in [-0.25, -0.2) is 0 Å². The van der Waals surface area contributed by atoms with Crippen molar-refractivity contribution in [3.8, 4) is 0 Å². The first-order valence-corrected chi connectivity index (χ1v) is 11.0. The number of pyridine rings is 1. The Morgan fingerprint density at radius 2 is 1.86 bits per heavy atom. The fraction of sp³-hybridized carbons (Fsp3) is 0.333. The summed E-state index contributed by atoms with van der Waals surface area (Å²) in [5.41, 5.74) is 3.16. The number of nitrogens with zero attached hydrogens (tertiary/aromatic N) is 2. The van der Waals surface area contributed by atoms with Crippen LogP contribution in [0.5, 0.6) is 0 Å². The standard InChI is InChI=1S/C24H29N3OS/c1-18(2)16-27(3)17-24(28)26-20-10-8-19(9-11-20)13-15-29-23-12-14-25-22-7-5-4-6-21(22)23/h4-12,14,18H,13,15-17H2,1-3H3,(H,26,28). The van der Waals surface area contributed by atoms with Crippen molar-refractivity contribution in [2.75, 3.05) is 31.2 Å². The van der Waals surface area contributed by atoms with E-state index < -0.39 is 0 Å². The van der Waals surface area contributed by atoms with Crippen LogP contribution < -0.4 is 5.32 Å². The summed E-state index contributed by atoms with van der Waals surface area (Å²) < 4.78 is 0. The molecule has 152 valence electrons. The number of para-hydroxylation sites is 1. The van der Waals surface area contributed by atoms with Gasteiger partial charge in [0.2, 0.25) is 5.91 Å². The highest BCUT2D eigenvalue weighted by atomic mass is 32.2. The first-order valence-electron chi connectivity index (χ1n) is 10.0. The number of fused-ring (bicyclic) bond motifs is 1. The molecule has 0 aliphatic heterocycles. The maximum atomic E-state index is 12.2. The van der Waals surface area contributed by atoms with Crippen LogP contribution in [-0.4, -0.2) is 41.7 Å². The lowest BCUT2D eigenvalue weighted by Gasteiger charge is -2.18. The molecule has 0 radical (unpaired) electrons. The number of aryl methyl sites for hydroxylation is 1. The molecule has 0 aliphatic rings. The van der Waals surface area contributed by atoms with E-state index in [0.717, 1.165) is 29.9 Å². The van der Waals surface area contributed by atoms with Gasteiger partial charge in [0.1, 0.15) is 0 Å². The average molecular weight is 408 g/mol. The summed E-state index contributed by atoms with van der Waals surface area (Å²) in [6, 6.07) is 18.5. The van der Waals surface area contributed by atoms with Crippen LogP contribution in [0.3, 0.4) is 0 Å². The predicted octanol–water partition coefficient (Wildman–Crippen LogP) is 5.10. The number of carbonyl (C=O) groups excluding carboxylic acids is 1. The van der Waals surface area contributed by atoms with E-state index in [1.54, 1.807) is 0 Å². The zero-order valence-corrected chi connectivity index (χ0v) is 18.2. The number of anilines is 1. The maximum absolute atomic E-state index is 12.2. The Balaban J connectivity index is 1.48. The Hall–Kier alpha value is -2.37. The second-order valence-electron chi connectivity index (χ2n) is 7.76. The second kappa shape index (κ2) is 10.4. The first-order chi connectivity index (χ1) is 14.0. The third-order valence-electron chi connectivity index (χ3n) is 4.59. The number of benzene rings is 2. The molecule has 0 spiro atoms. The lowest BCUT2D eigenvalue weighted by molar-refractivity contribution is -0.117. The molecule has 1 N–H and O–H groups in total. The van der Waals surface area contributed by atoms with E-state index in [0.29, 0.717) is 12.5 Å². The third kappa shape index (κ3) is 6.58. The zero-order valence-electron chi connectivity index (χ0n) is 17.4. The normalized spacial score (nSPS) is 11.3. The fourth-order valence-corrected chi connectivity index (χ4v) is 4.41. The van der Waals surface area contributed by atoms with Gasteiger partial charge in [0.25, 0.3) is 0 Å². The lowest BCUT2D eigenvalue weighted by Crippen LogP contribution is -2.32. The van der Waals surface area contributed by atoms with Crippen LogP contribution in [-0.2, 0) is 11.2 Å². The smallest absolute Gasteiger partial charge is 0.238 e. The number of likely N-dealkylation sites (N-methyl/N-ethyl adjacent to an activating group) is 1. The van der Waals surface area contributed by atoms with Gasteiger partial charge in [-0.2, -0.15) is 0 Å². The monoisotopic (exact) mass is 407 g/mol. The Morgan fingerprint density at radius 3 is 2.62 bits per heavy atom. The summed E-state index contributed by atoms with van der Waals surface area (Å²) in [5.74, 6) is 1.58. The lowest BCUT2D eigenvalue weighted by atomic mass is 10.1. The van der Waals surface area contributed by atoms with Gasteiger partial charge in [-0.3, -0.25) is 14.7 Å². The van der Waals surface area contributed by atoms with Crippen molar-refractivity contribution >= 4 is 34.3 Å². The zero-order chi connectivity index (χ0) is 20.6. The number of hydrogen-bond donors (Lipinski definition) is 1. The van der Waals surface area contributed by atoms with Crippen LogP contribution in [0, 0.1) is 5.92 Å². The maximum Gasteiger partial charge on any atom is 0.238 e. The van der Waals surface area contributed by atoms with Crippen LogP contribution in [0.2, 0.25) is 0 Å². The Morgan fingerprint density at radius 1 is 1.10 bits per heavy atom. The summed E-state index contributed by atoms with van der Waals surface area (Å²) >= 11 is 1.86. The van der Waals surface area contributed by atoms with Gasteiger partial charge < -0.3 is 5.32 Å². The number of thioether (sulfide) groups is 1. The number of aromatic nitrogens is 1. The molecule has 0 atom stereocenters. The van der Waals surface area contributed by atoms with Crippen molar-refractivity contribution in [3.05, 3.63) is 66.4 Å². The number of rotatable bonds is 9. The Bertz CT molecular complexity index is 935. The van der Waals surface area contributed by atoms with E-state index in [-0.39, 0.29) is 5.91 Å². The largest absolute Gasteiger partial charge is 0.325 e. The number of nitrogens with one attached hydrogen (secondary N) is 1. The molecule has 4 nitrogen and oxygen atoms in total. The van der Waals surface area contributed by atoms with Gasteiger partial charge in [0.05, 0.1) is 12.1 Å². The highest BCUT2D eigenvalue weighted by Crippen LogP contribution is 2.27. The summed E-state index contributed by atoms with van der Waals surface area (Å²) in [5, 5.41) is 4.19. The molecule has 0 bridgehead atoms. The van der Waals surface area contributed by atoms with Crippen molar-refractivity contribution in [1.29, 1.82) is 0 Å². The molecule has 2 aromatic carbocycles. The molecular formula is C24H29N3OS. The quantitative estimate of drug-likeness (QED) is 0.502. The van der Waals surface area contributed by atoms with E-state index >= 15 is 0 Å². The molecule has 0 fully saturated rings. The minimum Gasteiger partial charge on any atom is -0.325 e. The van der Waals surface area contributed by atoms with Gasteiger partial charge in [0, 0.05) is 34.5 Å². The molecule has 0 unspecified atom stereocenters. The molecule has 1 aromatic heterocycles. The molecule has 5 heteroatoms. The van der Waals surface area contributed by atoms with E-state index in [1.807, 2.05) is 54.2 Å². The Kier molecular flexibility index (Phi) is 7.67. The van der Waals surface area contributed by atoms with Crippen molar-refractivity contribution in [2.45, 2.75) is 25.2 Å². The van der Waals surface area contributed by atoms with Crippen LogP contribution in [0.4, 0.5) is 5.69 Å². The van der Waals surface area contributed by atoms with Crippen molar-refractivity contribution in [3.63, 3.8) is 0 Å². The minimum absolute atomic E-state index is 0.0287. The van der Waals surface area contributed by atoms with Crippen LogP contribution in [0.15, 0.2) is 65.7 Å². The molecule has 0 saturated heterocycles. The van der Waals surface area contributed by atoms with E-state index in [9.17, 15) is 4.79 Å². The van der Waals surface area contributed by atoms with Crippen molar-refractivity contribution < 1.29 is 4.79 Å². The third-order valence-corrected chi connectivity index (χ3v) is 5.66. The first kappa shape index (κ1) is 21.3. The number of hydrogen-bond acceptors (Lipinski definition) is 4. The van der Waals surface area contributed by atoms with Crippen LogP contribution >= 0.6 is 11.8 Å². The van der Waals surface area contributed by atoms with Crippen molar-refractivity contribution in [2.24, 2.45) is 5.92 Å². The van der Waals surface area contributed by atoms with Crippen LogP contribution in [0.25, 0.3) is 10.9 Å². The van der Waals surface area contributed by atoms with Gasteiger partial charge in [0.15, 0.2) is 0 Å². The molecule has 3 rings (SSSR count). The summed E-state index contributed by atoms with van der Waals surface area (Å²) in [7, 11) is 1.98. The predicted molar refractivity (Wildman–Crippen MR) is 124 cm³/mol. The molecular weight excluding hydrogens is 378 g/mol. The molecule has 0 aliphatic carbocycles. The molecule has 1 amide bonds. The van der Waals surface area contributed by atoms with Gasteiger partial charge in [-0.15, -0.1) is 11.8 Å². The Labute approximate surface area is 177 Å². The topological polar surface area (TPSA) is 45.2 Å². The summed E-state index contributed by atoms with van der Waals surface area (Å²) in [6.45, 7) is 5.64. The second-order valence-corrected chi connectivity index (χ2v) is 8.90. The number of carbonyl (C=O) groups is 1. The fourth-order valence-electron chi connectivity index (χ4n) is 3.36. The molecule has 1 heterocycles. The minimum atomic E-state index is 0.0287. The van der Waals surface area contributed by atoms with E-state index in [1.165, 1.54) is 15.8 Å². The van der Waals surface area contributed by atoms with Gasteiger partial charge in [-0.05, 0) is 49.2 Å². The summed E-state index contributed by atoms with van der Waals surface area (Å²) in [4.78, 5) is 19.9. The SMILES string of the molecule is CC(C)CN(C)CC(=O)Nc1ccc(CCSc2ccnc3ccccc23)cc1. The van der Waals surface area contributed by atoms with E-state index in [4.69, 9.17) is 0 Å². The number of amides is 1. The molecule has 29 heavy (non-hydrogen) atoms. The van der Waals surface area contributed by atoms with Gasteiger partial charge in [-0.1, -0.05) is 44.2 Å². The molecule has 0 saturated carbocycles. The summed E-state index contributed by atoms with van der Waals surface area (Å²) in [6.07, 6.45) is 2.85. The van der Waals surface area contributed by atoms with Crippen LogP contribution in [0.1, 0.15) is 19.4 Å². The average Bonchev–Trinajstić information content (AvgIpc) is 2.68. The van der Waals surface area contributed by atoms with Gasteiger partial charge >= 0.3 is 0 Å².